The fourth-order valence-electron chi connectivity index (χ4n) is 3.30. The number of likely N-dealkylation sites (N-methyl/N-ethyl adjacent to an activating group) is 1. The summed E-state index contributed by atoms with van der Waals surface area (Å²) in [4.78, 5) is 28.3. The highest BCUT2D eigenvalue weighted by Gasteiger charge is 2.43. The molecule has 0 spiro atoms. The van der Waals surface area contributed by atoms with E-state index in [0.717, 1.165) is 19.3 Å². The highest BCUT2D eigenvalue weighted by atomic mass is 19.1. The van der Waals surface area contributed by atoms with Crippen molar-refractivity contribution in [1.29, 1.82) is 0 Å². The van der Waals surface area contributed by atoms with Gasteiger partial charge in [0.05, 0.1) is 23.9 Å². The summed E-state index contributed by atoms with van der Waals surface area (Å²) in [7, 11) is 1.64. The van der Waals surface area contributed by atoms with E-state index >= 15 is 0 Å². The second-order valence-electron chi connectivity index (χ2n) is 6.26. The van der Waals surface area contributed by atoms with Gasteiger partial charge >= 0.3 is 6.03 Å². The minimum atomic E-state index is -0.728. The summed E-state index contributed by atoms with van der Waals surface area (Å²) >= 11 is 0. The van der Waals surface area contributed by atoms with E-state index in [1.54, 1.807) is 30.1 Å². The van der Waals surface area contributed by atoms with Crippen molar-refractivity contribution in [2.75, 3.05) is 20.1 Å². The van der Waals surface area contributed by atoms with Gasteiger partial charge < -0.3 is 10.2 Å². The summed E-state index contributed by atoms with van der Waals surface area (Å²) < 4.78 is 14.2. The minimum Gasteiger partial charge on any atom is -0.333 e. The van der Waals surface area contributed by atoms with Crippen molar-refractivity contribution in [3.05, 3.63) is 46.9 Å². The van der Waals surface area contributed by atoms with Crippen LogP contribution in [0.25, 0.3) is 0 Å². The van der Waals surface area contributed by atoms with Gasteiger partial charge in [-0.25, -0.2) is 9.18 Å². The quantitative estimate of drug-likeness (QED) is 0.844. The summed E-state index contributed by atoms with van der Waals surface area (Å²) in [5, 5.41) is 2.75. The molecule has 0 bridgehead atoms. The predicted octanol–water partition coefficient (Wildman–Crippen LogP) is 2.81. The molecule has 1 N–H and O–H groups in total. The monoisotopic (exact) mass is 331 g/mol. The molecular weight excluding hydrogens is 309 g/mol. The minimum absolute atomic E-state index is 0.110. The third-order valence-corrected chi connectivity index (χ3v) is 4.68. The molecule has 1 aromatic carbocycles. The zero-order valence-electron chi connectivity index (χ0n) is 14.0. The molecule has 24 heavy (non-hydrogen) atoms. The van der Waals surface area contributed by atoms with E-state index in [2.05, 4.69) is 12.2 Å². The van der Waals surface area contributed by atoms with Gasteiger partial charge in [0.15, 0.2) is 0 Å². The van der Waals surface area contributed by atoms with Crippen LogP contribution in [0.4, 0.5) is 9.18 Å². The number of halogens is 1. The van der Waals surface area contributed by atoms with Crippen molar-refractivity contribution in [3.8, 4) is 0 Å². The molecule has 128 valence electrons. The van der Waals surface area contributed by atoms with Crippen LogP contribution >= 0.6 is 0 Å². The van der Waals surface area contributed by atoms with Gasteiger partial charge in [0.1, 0.15) is 5.82 Å². The number of benzene rings is 1. The number of hydrogen-bond donors (Lipinski definition) is 1. The lowest BCUT2D eigenvalue weighted by molar-refractivity contribution is -0.125. The van der Waals surface area contributed by atoms with Crippen LogP contribution in [0.2, 0.25) is 0 Å². The second-order valence-corrected chi connectivity index (χ2v) is 6.26. The topological polar surface area (TPSA) is 52.7 Å². The van der Waals surface area contributed by atoms with Gasteiger partial charge in [-0.05, 0) is 12.5 Å². The maximum Gasteiger partial charge on any atom is 0.322 e. The van der Waals surface area contributed by atoms with Gasteiger partial charge in [-0.3, -0.25) is 9.69 Å². The number of amides is 3. The first-order valence-corrected chi connectivity index (χ1v) is 8.35. The number of nitrogens with one attached hydrogen (secondary N) is 1. The van der Waals surface area contributed by atoms with E-state index in [1.165, 1.54) is 11.0 Å². The van der Waals surface area contributed by atoms with Gasteiger partial charge in [-0.15, -0.1) is 0 Å². The Morgan fingerprint density at radius 2 is 2.00 bits per heavy atom. The van der Waals surface area contributed by atoms with E-state index < -0.39 is 11.9 Å². The van der Waals surface area contributed by atoms with Crippen LogP contribution in [0.1, 0.15) is 37.8 Å². The number of rotatable bonds is 5. The highest BCUT2D eigenvalue weighted by Crippen LogP contribution is 2.36. The summed E-state index contributed by atoms with van der Waals surface area (Å²) in [6, 6.07) is 5.22. The molecule has 2 heterocycles. The van der Waals surface area contributed by atoms with Crippen LogP contribution in [0.3, 0.4) is 0 Å². The average molecular weight is 331 g/mol. The molecular formula is C18H22FN3O2. The molecule has 0 saturated carbocycles. The Balaban J connectivity index is 1.93. The molecule has 1 atom stereocenters. The Morgan fingerprint density at radius 1 is 1.25 bits per heavy atom. The average Bonchev–Trinajstić information content (AvgIpc) is 2.89. The lowest BCUT2D eigenvalue weighted by atomic mass is 9.95. The van der Waals surface area contributed by atoms with Crippen molar-refractivity contribution in [2.45, 2.75) is 32.2 Å². The lowest BCUT2D eigenvalue weighted by Crippen LogP contribution is -2.45. The van der Waals surface area contributed by atoms with Gasteiger partial charge in [0.2, 0.25) is 0 Å². The van der Waals surface area contributed by atoms with E-state index in [9.17, 15) is 14.0 Å². The zero-order chi connectivity index (χ0) is 17.3. The van der Waals surface area contributed by atoms with Crippen LogP contribution < -0.4 is 5.32 Å². The van der Waals surface area contributed by atoms with Crippen LogP contribution in [0.5, 0.6) is 0 Å². The number of unbranched alkanes of at least 4 members (excludes halogenated alkanes) is 2. The van der Waals surface area contributed by atoms with E-state index in [4.69, 9.17) is 0 Å². The SMILES string of the molecule is CCCCCN1CC2=C(C1=O)[C@H](c1ccccc1F)NC(=O)N2C. The molecule has 2 aliphatic rings. The summed E-state index contributed by atoms with van der Waals surface area (Å²) in [6.45, 7) is 3.18. The Morgan fingerprint density at radius 3 is 2.71 bits per heavy atom. The van der Waals surface area contributed by atoms with Crippen molar-refractivity contribution in [2.24, 2.45) is 0 Å². The Kier molecular flexibility index (Phi) is 4.55. The Bertz CT molecular complexity index is 701. The van der Waals surface area contributed by atoms with Crippen LogP contribution in [-0.4, -0.2) is 41.9 Å². The molecule has 0 aliphatic carbocycles. The predicted molar refractivity (Wildman–Crippen MR) is 88.6 cm³/mol. The Labute approximate surface area is 141 Å². The maximum absolute atomic E-state index is 14.2. The number of nitrogens with zero attached hydrogens (tertiary/aromatic N) is 2. The lowest BCUT2D eigenvalue weighted by Gasteiger charge is -2.31. The molecule has 0 radical (unpaired) electrons. The first-order valence-electron chi connectivity index (χ1n) is 8.35. The van der Waals surface area contributed by atoms with Gasteiger partial charge in [0, 0.05) is 19.2 Å². The number of hydrogen-bond acceptors (Lipinski definition) is 2. The van der Waals surface area contributed by atoms with Crippen molar-refractivity contribution < 1.29 is 14.0 Å². The smallest absolute Gasteiger partial charge is 0.322 e. The molecule has 0 saturated heterocycles. The van der Waals surface area contributed by atoms with E-state index in [0.29, 0.717) is 29.9 Å². The van der Waals surface area contributed by atoms with Crippen LogP contribution in [0.15, 0.2) is 35.5 Å². The number of carbonyl (C=O) groups is 2. The summed E-state index contributed by atoms with van der Waals surface area (Å²) in [5.41, 5.74) is 1.49. The standard InChI is InChI=1S/C18H22FN3O2/c1-3-4-7-10-22-11-14-15(17(22)23)16(20-18(24)21(14)2)12-8-5-6-9-13(12)19/h5-6,8-9,16H,3-4,7,10-11H2,1-2H3,(H,20,24)/t16-/m0/s1. The molecule has 0 unspecified atom stereocenters. The fraction of sp³-hybridized carbons (Fsp3) is 0.444. The largest absolute Gasteiger partial charge is 0.333 e. The van der Waals surface area contributed by atoms with Crippen LogP contribution in [0, 0.1) is 5.82 Å². The van der Waals surface area contributed by atoms with Gasteiger partial charge in [0.25, 0.3) is 5.91 Å². The first kappa shape index (κ1) is 16.5. The molecule has 0 aromatic heterocycles. The number of urea groups is 1. The van der Waals surface area contributed by atoms with Gasteiger partial charge in [-0.1, -0.05) is 38.0 Å². The molecule has 2 aliphatic heterocycles. The Hall–Kier alpha value is -2.37. The molecule has 6 heteroatoms. The third kappa shape index (κ3) is 2.77. The molecule has 3 amide bonds. The summed E-state index contributed by atoms with van der Waals surface area (Å²) in [6.07, 6.45) is 3.06. The third-order valence-electron chi connectivity index (χ3n) is 4.68. The number of carbonyl (C=O) groups excluding carboxylic acids is 2. The molecule has 1 aromatic rings. The van der Waals surface area contributed by atoms with E-state index in [-0.39, 0.29) is 11.9 Å². The van der Waals surface area contributed by atoms with Crippen LogP contribution in [-0.2, 0) is 4.79 Å². The van der Waals surface area contributed by atoms with Crippen molar-refractivity contribution in [3.63, 3.8) is 0 Å². The van der Waals surface area contributed by atoms with Crippen molar-refractivity contribution >= 4 is 11.9 Å². The second kappa shape index (κ2) is 6.63. The van der Waals surface area contributed by atoms with Crippen molar-refractivity contribution in [1.82, 2.24) is 15.1 Å². The first-order chi connectivity index (χ1) is 11.5. The fourth-order valence-corrected chi connectivity index (χ4v) is 3.30. The summed E-state index contributed by atoms with van der Waals surface area (Å²) in [5.74, 6) is -0.530. The van der Waals surface area contributed by atoms with Gasteiger partial charge in [-0.2, -0.15) is 0 Å². The maximum atomic E-state index is 14.2. The molecule has 3 rings (SSSR count). The zero-order valence-corrected chi connectivity index (χ0v) is 14.0. The normalized spacial score (nSPS) is 20.5. The van der Waals surface area contributed by atoms with E-state index in [1.807, 2.05) is 0 Å². The molecule has 5 nitrogen and oxygen atoms in total. The molecule has 0 fully saturated rings. The highest BCUT2D eigenvalue weighted by molar-refractivity contribution is 6.01.